The molecule has 0 radical (unpaired) electrons. The molecule has 23 heavy (non-hydrogen) atoms. The largest absolute Gasteiger partial charge is 0.493 e. The molecule has 1 heterocycles. The first-order chi connectivity index (χ1) is 10.9. The van der Waals surface area contributed by atoms with E-state index in [2.05, 4.69) is 6.07 Å². The first kappa shape index (κ1) is 17.3. The number of carbonyl (C=O) groups excluding carboxylic acids is 2. The van der Waals surface area contributed by atoms with E-state index in [9.17, 15) is 9.59 Å². The molecule has 0 saturated carbocycles. The van der Waals surface area contributed by atoms with E-state index in [1.165, 1.54) is 0 Å². The van der Waals surface area contributed by atoms with Gasteiger partial charge in [0.05, 0.1) is 18.9 Å². The van der Waals surface area contributed by atoms with E-state index < -0.39 is 0 Å². The van der Waals surface area contributed by atoms with Gasteiger partial charge in [-0.2, -0.15) is 0 Å². The summed E-state index contributed by atoms with van der Waals surface area (Å²) in [5.41, 5.74) is 7.66. The summed E-state index contributed by atoms with van der Waals surface area (Å²) in [7, 11) is 0. The van der Waals surface area contributed by atoms with E-state index in [1.54, 1.807) is 4.90 Å². The zero-order chi connectivity index (χ0) is 17.0. The van der Waals surface area contributed by atoms with Gasteiger partial charge < -0.3 is 15.4 Å². The number of likely N-dealkylation sites (tertiary alicyclic amines) is 1. The van der Waals surface area contributed by atoms with E-state index in [4.69, 9.17) is 10.5 Å². The van der Waals surface area contributed by atoms with Crippen molar-refractivity contribution in [1.29, 1.82) is 0 Å². The minimum Gasteiger partial charge on any atom is -0.493 e. The second kappa shape index (κ2) is 7.49. The van der Waals surface area contributed by atoms with E-state index in [0.29, 0.717) is 19.6 Å². The predicted octanol–water partition coefficient (Wildman–Crippen LogP) is 2.18. The highest BCUT2D eigenvalue weighted by Gasteiger charge is 2.31. The van der Waals surface area contributed by atoms with Crippen LogP contribution in [0.1, 0.15) is 37.3 Å². The summed E-state index contributed by atoms with van der Waals surface area (Å²) in [5, 5.41) is 0. The SMILES string of the molecule is Cc1cc(C)cc(OCCC(=O)N2CC(C(N)=O)CCC2C)c1. The summed E-state index contributed by atoms with van der Waals surface area (Å²) in [5.74, 6) is 0.265. The second-order valence-electron chi connectivity index (χ2n) is 6.49. The maximum absolute atomic E-state index is 12.4. The molecule has 1 aromatic carbocycles. The fourth-order valence-corrected chi connectivity index (χ4v) is 3.10. The number of amides is 2. The van der Waals surface area contributed by atoms with Crippen LogP contribution < -0.4 is 10.5 Å². The molecule has 5 nitrogen and oxygen atoms in total. The lowest BCUT2D eigenvalue weighted by Gasteiger charge is -2.37. The minimum atomic E-state index is -0.318. The van der Waals surface area contributed by atoms with Gasteiger partial charge in [-0.05, 0) is 56.9 Å². The number of primary amides is 1. The van der Waals surface area contributed by atoms with Crippen molar-refractivity contribution in [3.05, 3.63) is 29.3 Å². The fourth-order valence-electron chi connectivity index (χ4n) is 3.10. The third-order valence-electron chi connectivity index (χ3n) is 4.38. The summed E-state index contributed by atoms with van der Waals surface area (Å²) < 4.78 is 5.70. The molecule has 1 aliphatic heterocycles. The Bertz CT molecular complexity index is 565. The van der Waals surface area contributed by atoms with Gasteiger partial charge in [-0.25, -0.2) is 0 Å². The molecule has 0 aliphatic carbocycles. The molecule has 2 N–H and O–H groups in total. The van der Waals surface area contributed by atoms with Gasteiger partial charge in [0.1, 0.15) is 5.75 Å². The zero-order valence-corrected chi connectivity index (χ0v) is 14.2. The Balaban J connectivity index is 1.87. The molecule has 5 heteroatoms. The number of hydrogen-bond donors (Lipinski definition) is 1. The van der Waals surface area contributed by atoms with Crippen molar-refractivity contribution in [1.82, 2.24) is 4.90 Å². The van der Waals surface area contributed by atoms with E-state index in [-0.39, 0.29) is 23.8 Å². The topological polar surface area (TPSA) is 72.6 Å². The van der Waals surface area contributed by atoms with E-state index in [1.807, 2.05) is 32.9 Å². The lowest BCUT2D eigenvalue weighted by atomic mass is 9.92. The fraction of sp³-hybridized carbons (Fsp3) is 0.556. The molecular weight excluding hydrogens is 292 g/mol. The summed E-state index contributed by atoms with van der Waals surface area (Å²) in [4.78, 5) is 25.5. The van der Waals surface area contributed by atoms with Crippen molar-refractivity contribution in [3.63, 3.8) is 0 Å². The number of ether oxygens (including phenoxy) is 1. The number of piperidine rings is 1. The molecule has 0 bridgehead atoms. The first-order valence-corrected chi connectivity index (χ1v) is 8.16. The lowest BCUT2D eigenvalue weighted by Crippen LogP contribution is -2.48. The van der Waals surface area contributed by atoms with Crippen LogP contribution in [-0.4, -0.2) is 35.9 Å². The van der Waals surface area contributed by atoms with Crippen LogP contribution in [0.3, 0.4) is 0 Å². The molecule has 2 amide bonds. The molecular formula is C18H26N2O3. The maximum Gasteiger partial charge on any atom is 0.226 e. The van der Waals surface area contributed by atoms with Crippen molar-refractivity contribution in [2.45, 2.75) is 46.1 Å². The molecule has 2 rings (SSSR count). The van der Waals surface area contributed by atoms with Crippen LogP contribution in [0, 0.1) is 19.8 Å². The minimum absolute atomic E-state index is 0.0211. The zero-order valence-electron chi connectivity index (χ0n) is 14.2. The maximum atomic E-state index is 12.4. The third-order valence-corrected chi connectivity index (χ3v) is 4.38. The Morgan fingerprint density at radius 1 is 1.22 bits per heavy atom. The molecule has 1 aromatic rings. The summed E-state index contributed by atoms with van der Waals surface area (Å²) in [6.45, 7) is 6.82. The average Bonchev–Trinajstić information content (AvgIpc) is 2.46. The van der Waals surface area contributed by atoms with Crippen LogP contribution in [0.15, 0.2) is 18.2 Å². The Labute approximate surface area is 137 Å². The highest BCUT2D eigenvalue weighted by molar-refractivity contribution is 5.80. The van der Waals surface area contributed by atoms with Crippen molar-refractivity contribution in [2.75, 3.05) is 13.2 Å². The highest BCUT2D eigenvalue weighted by Crippen LogP contribution is 2.22. The van der Waals surface area contributed by atoms with Crippen LogP contribution >= 0.6 is 0 Å². The number of hydrogen-bond acceptors (Lipinski definition) is 3. The van der Waals surface area contributed by atoms with E-state index >= 15 is 0 Å². The number of rotatable bonds is 5. The van der Waals surface area contributed by atoms with Crippen LogP contribution in [-0.2, 0) is 9.59 Å². The van der Waals surface area contributed by atoms with Gasteiger partial charge >= 0.3 is 0 Å². The highest BCUT2D eigenvalue weighted by atomic mass is 16.5. The van der Waals surface area contributed by atoms with Gasteiger partial charge in [-0.1, -0.05) is 6.07 Å². The summed E-state index contributed by atoms with van der Waals surface area (Å²) in [6, 6.07) is 6.16. The van der Waals surface area contributed by atoms with E-state index in [0.717, 1.165) is 29.7 Å². The summed E-state index contributed by atoms with van der Waals surface area (Å²) in [6.07, 6.45) is 1.89. The number of benzene rings is 1. The average molecular weight is 318 g/mol. The summed E-state index contributed by atoms with van der Waals surface area (Å²) >= 11 is 0. The van der Waals surface area contributed by atoms with Gasteiger partial charge in [-0.3, -0.25) is 9.59 Å². The molecule has 2 unspecified atom stereocenters. The van der Waals surface area contributed by atoms with Crippen LogP contribution in [0.5, 0.6) is 5.75 Å². The standard InChI is InChI=1S/C18H26N2O3/c1-12-8-13(2)10-16(9-12)23-7-6-17(21)20-11-15(18(19)22)5-4-14(20)3/h8-10,14-15H,4-7,11H2,1-3H3,(H2,19,22). The number of nitrogens with two attached hydrogens (primary N) is 1. The number of aryl methyl sites for hydroxylation is 2. The monoisotopic (exact) mass is 318 g/mol. The van der Waals surface area contributed by atoms with Gasteiger partial charge in [0.2, 0.25) is 11.8 Å². The smallest absolute Gasteiger partial charge is 0.226 e. The molecule has 1 saturated heterocycles. The van der Waals surface area contributed by atoms with Crippen molar-refractivity contribution >= 4 is 11.8 Å². The van der Waals surface area contributed by atoms with Gasteiger partial charge in [0, 0.05) is 12.6 Å². The van der Waals surface area contributed by atoms with Crippen LogP contribution in [0.25, 0.3) is 0 Å². The van der Waals surface area contributed by atoms with Gasteiger partial charge in [0.15, 0.2) is 0 Å². The van der Waals surface area contributed by atoms with Crippen LogP contribution in [0.4, 0.5) is 0 Å². The second-order valence-corrected chi connectivity index (χ2v) is 6.49. The predicted molar refractivity (Wildman–Crippen MR) is 89.1 cm³/mol. The lowest BCUT2D eigenvalue weighted by molar-refractivity contribution is -0.138. The molecule has 126 valence electrons. The molecule has 1 fully saturated rings. The number of carbonyl (C=O) groups is 2. The number of nitrogens with zero attached hydrogens (tertiary/aromatic N) is 1. The van der Waals surface area contributed by atoms with Gasteiger partial charge in [-0.15, -0.1) is 0 Å². The quantitative estimate of drug-likeness (QED) is 0.904. The van der Waals surface area contributed by atoms with Crippen molar-refractivity contribution < 1.29 is 14.3 Å². The van der Waals surface area contributed by atoms with Crippen LogP contribution in [0.2, 0.25) is 0 Å². The molecule has 1 aliphatic rings. The van der Waals surface area contributed by atoms with Crippen molar-refractivity contribution in [2.24, 2.45) is 11.7 Å². The molecule has 2 atom stereocenters. The Morgan fingerprint density at radius 3 is 2.48 bits per heavy atom. The normalized spacial score (nSPS) is 21.1. The molecule has 0 spiro atoms. The van der Waals surface area contributed by atoms with Gasteiger partial charge in [0.25, 0.3) is 0 Å². The van der Waals surface area contributed by atoms with Crippen molar-refractivity contribution in [3.8, 4) is 5.75 Å². The first-order valence-electron chi connectivity index (χ1n) is 8.16. The Hall–Kier alpha value is -2.04. The third kappa shape index (κ3) is 4.71. The Morgan fingerprint density at radius 2 is 1.87 bits per heavy atom. The molecule has 0 aromatic heterocycles. The Kier molecular flexibility index (Phi) is 5.64.